The van der Waals surface area contributed by atoms with Gasteiger partial charge >= 0.3 is 5.97 Å². The highest BCUT2D eigenvalue weighted by Crippen LogP contribution is 2.12. The largest absolute Gasteiger partial charge is 0.481 e. The van der Waals surface area contributed by atoms with E-state index < -0.39 is 5.97 Å². The average Bonchev–Trinajstić information content (AvgIpc) is 2.39. The number of aromatic nitrogens is 4. The van der Waals surface area contributed by atoms with E-state index in [0.717, 1.165) is 11.3 Å². The van der Waals surface area contributed by atoms with Crippen LogP contribution in [-0.4, -0.2) is 26.3 Å². The summed E-state index contributed by atoms with van der Waals surface area (Å²) in [4.78, 5) is 14.7. The molecule has 6 nitrogen and oxygen atoms in total. The van der Waals surface area contributed by atoms with Gasteiger partial charge in [-0.15, -0.1) is 5.10 Å². The van der Waals surface area contributed by atoms with Crippen LogP contribution in [0.2, 0.25) is 0 Å². The lowest BCUT2D eigenvalue weighted by atomic mass is 10.2. The molecule has 0 spiro atoms. The quantitative estimate of drug-likeness (QED) is 0.810. The summed E-state index contributed by atoms with van der Waals surface area (Å²) < 4.78 is 1.95. The molecule has 0 saturated heterocycles. The van der Waals surface area contributed by atoms with E-state index in [1.807, 2.05) is 29.1 Å². The van der Waals surface area contributed by atoms with Crippen molar-refractivity contribution in [2.45, 2.75) is 26.3 Å². The van der Waals surface area contributed by atoms with Crippen molar-refractivity contribution in [3.8, 4) is 11.3 Å². The van der Waals surface area contributed by atoms with E-state index in [0.29, 0.717) is 18.8 Å². The monoisotopic (exact) mass is 259 g/mol. The number of carboxylic acids is 1. The van der Waals surface area contributed by atoms with E-state index >= 15 is 0 Å². The maximum atomic E-state index is 10.4. The average molecular weight is 259 g/mol. The summed E-state index contributed by atoms with van der Waals surface area (Å²) in [5, 5.41) is 16.3. The molecule has 2 aromatic heterocycles. The first-order valence-corrected chi connectivity index (χ1v) is 6.03. The Kier molecular flexibility index (Phi) is 4.12. The van der Waals surface area contributed by atoms with E-state index in [-0.39, 0.29) is 6.42 Å². The lowest BCUT2D eigenvalue weighted by Crippen LogP contribution is -2.32. The fraction of sp³-hybridized carbons (Fsp3) is 0.308. The Balaban J connectivity index is 2.04. The summed E-state index contributed by atoms with van der Waals surface area (Å²) in [5.74, 6) is -0.129. The molecule has 0 aromatic carbocycles. The molecule has 98 valence electrons. The molecule has 0 aliphatic heterocycles. The molecule has 0 aliphatic rings. The van der Waals surface area contributed by atoms with Gasteiger partial charge in [-0.3, -0.25) is 4.79 Å². The third kappa shape index (κ3) is 3.80. The Hall–Kier alpha value is -2.37. The first-order chi connectivity index (χ1) is 9.15. The summed E-state index contributed by atoms with van der Waals surface area (Å²) in [6, 6.07) is 3.87. The minimum Gasteiger partial charge on any atom is -0.481 e. The molecule has 0 fully saturated rings. The molecule has 19 heavy (non-hydrogen) atoms. The van der Waals surface area contributed by atoms with Crippen molar-refractivity contribution >= 4 is 5.97 Å². The minimum absolute atomic E-state index is 0.184. The van der Waals surface area contributed by atoms with Crippen molar-refractivity contribution in [2.75, 3.05) is 0 Å². The highest BCUT2D eigenvalue weighted by Gasteiger charge is 2.06. The topological polar surface area (TPSA) is 79.9 Å². The van der Waals surface area contributed by atoms with E-state index in [2.05, 4.69) is 15.2 Å². The number of hydrogen-bond donors (Lipinski definition) is 1. The molecule has 0 atom stereocenters. The number of pyridine rings is 1. The normalized spacial score (nSPS) is 10.4. The molecule has 2 rings (SSSR count). The van der Waals surface area contributed by atoms with E-state index in [1.165, 1.54) is 0 Å². The molecule has 0 aliphatic carbocycles. The van der Waals surface area contributed by atoms with Crippen molar-refractivity contribution in [1.29, 1.82) is 0 Å². The van der Waals surface area contributed by atoms with Gasteiger partial charge in [0.1, 0.15) is 12.4 Å². The van der Waals surface area contributed by atoms with Crippen molar-refractivity contribution in [3.05, 3.63) is 36.5 Å². The molecule has 0 amide bonds. The Bertz CT molecular complexity index is 569. The third-order valence-electron chi connectivity index (χ3n) is 2.66. The second-order valence-corrected chi connectivity index (χ2v) is 4.21. The molecule has 0 unspecified atom stereocenters. The summed E-state index contributed by atoms with van der Waals surface area (Å²) in [6.45, 7) is 2.49. The van der Waals surface area contributed by atoms with Gasteiger partial charge in [-0.05, 0) is 6.92 Å². The summed E-state index contributed by atoms with van der Waals surface area (Å²) in [6.07, 6.45) is 6.25. The van der Waals surface area contributed by atoms with Crippen LogP contribution in [-0.2, 0) is 11.3 Å². The zero-order chi connectivity index (χ0) is 13.7. The fourth-order valence-corrected chi connectivity index (χ4v) is 1.72. The lowest BCUT2D eigenvalue weighted by molar-refractivity contribution is -0.697. The van der Waals surface area contributed by atoms with Gasteiger partial charge in [0.25, 0.3) is 0 Å². The van der Waals surface area contributed by atoms with Crippen LogP contribution in [0, 0.1) is 6.92 Å². The van der Waals surface area contributed by atoms with Gasteiger partial charge in [0.05, 0.1) is 18.3 Å². The van der Waals surface area contributed by atoms with Crippen LogP contribution < -0.4 is 4.57 Å². The second-order valence-electron chi connectivity index (χ2n) is 4.21. The van der Waals surface area contributed by atoms with Crippen molar-refractivity contribution in [1.82, 2.24) is 15.2 Å². The van der Waals surface area contributed by atoms with Gasteiger partial charge in [-0.2, -0.15) is 5.10 Å². The Morgan fingerprint density at radius 1 is 1.37 bits per heavy atom. The minimum atomic E-state index is -0.764. The standard InChI is InChI=1S/C13H14N4O2/c1-10-15-12(9-14-16-10)11-4-7-17(8-5-11)6-2-3-13(18)19/h4-5,7-9H,2-3,6H2,1H3/p+1. The van der Waals surface area contributed by atoms with Gasteiger partial charge in [0.15, 0.2) is 12.4 Å². The van der Waals surface area contributed by atoms with Gasteiger partial charge in [0, 0.05) is 24.1 Å². The van der Waals surface area contributed by atoms with Crippen LogP contribution in [0.15, 0.2) is 30.7 Å². The molecular formula is C13H15N4O2+. The summed E-state index contributed by atoms with van der Waals surface area (Å²) in [5.41, 5.74) is 1.75. The van der Waals surface area contributed by atoms with Gasteiger partial charge in [0.2, 0.25) is 0 Å². The zero-order valence-electron chi connectivity index (χ0n) is 10.7. The zero-order valence-corrected chi connectivity index (χ0v) is 10.7. The highest BCUT2D eigenvalue weighted by molar-refractivity contribution is 5.66. The fourth-order valence-electron chi connectivity index (χ4n) is 1.72. The first kappa shape index (κ1) is 13.1. The van der Waals surface area contributed by atoms with E-state index in [1.54, 1.807) is 13.1 Å². The smallest absolute Gasteiger partial charge is 0.303 e. The number of carbonyl (C=O) groups is 1. The van der Waals surface area contributed by atoms with Crippen LogP contribution in [0.3, 0.4) is 0 Å². The van der Waals surface area contributed by atoms with Crippen LogP contribution in [0.1, 0.15) is 18.7 Å². The Labute approximate surface area is 110 Å². The van der Waals surface area contributed by atoms with Gasteiger partial charge < -0.3 is 5.11 Å². The van der Waals surface area contributed by atoms with Gasteiger partial charge in [-0.1, -0.05) is 0 Å². The van der Waals surface area contributed by atoms with Gasteiger partial charge in [-0.25, -0.2) is 9.55 Å². The van der Waals surface area contributed by atoms with Crippen LogP contribution in [0.4, 0.5) is 0 Å². The SMILES string of the molecule is Cc1nncc(-c2cc[n+](CCCC(=O)O)cc2)n1. The van der Waals surface area contributed by atoms with E-state index in [9.17, 15) is 4.79 Å². The second kappa shape index (κ2) is 5.99. The number of rotatable bonds is 5. The molecule has 2 aromatic rings. The van der Waals surface area contributed by atoms with Crippen LogP contribution in [0.5, 0.6) is 0 Å². The molecule has 1 N–H and O–H groups in total. The van der Waals surface area contributed by atoms with Crippen molar-refractivity contribution < 1.29 is 14.5 Å². The summed E-state index contributed by atoms with van der Waals surface area (Å²) >= 11 is 0. The molecule has 2 heterocycles. The predicted molar refractivity (Wildman–Crippen MR) is 67.1 cm³/mol. The highest BCUT2D eigenvalue weighted by atomic mass is 16.4. The molecular weight excluding hydrogens is 244 g/mol. The number of carboxylic acid groups (broad SMARTS) is 1. The van der Waals surface area contributed by atoms with E-state index in [4.69, 9.17) is 5.11 Å². The van der Waals surface area contributed by atoms with Crippen LogP contribution in [0.25, 0.3) is 11.3 Å². The number of nitrogens with zero attached hydrogens (tertiary/aromatic N) is 4. The molecule has 0 bridgehead atoms. The number of hydrogen-bond acceptors (Lipinski definition) is 4. The molecule has 6 heteroatoms. The lowest BCUT2D eigenvalue weighted by Gasteiger charge is -2.00. The predicted octanol–water partition coefficient (Wildman–Crippen LogP) is 0.999. The third-order valence-corrected chi connectivity index (χ3v) is 2.66. The number of aliphatic carboxylic acids is 1. The van der Waals surface area contributed by atoms with Crippen molar-refractivity contribution in [3.63, 3.8) is 0 Å². The molecule has 0 radical (unpaired) electrons. The maximum Gasteiger partial charge on any atom is 0.303 e. The maximum absolute atomic E-state index is 10.4. The van der Waals surface area contributed by atoms with Crippen molar-refractivity contribution in [2.24, 2.45) is 0 Å². The molecule has 0 saturated carbocycles. The Morgan fingerprint density at radius 3 is 2.74 bits per heavy atom. The van der Waals surface area contributed by atoms with Crippen LogP contribution >= 0.6 is 0 Å². The Morgan fingerprint density at radius 2 is 2.11 bits per heavy atom. The summed E-state index contributed by atoms with van der Waals surface area (Å²) in [7, 11) is 0. The number of aryl methyl sites for hydroxylation is 2. The first-order valence-electron chi connectivity index (χ1n) is 6.03.